The van der Waals surface area contributed by atoms with Crippen LogP contribution in [-0.2, 0) is 85.3 Å². The Morgan fingerprint density at radius 2 is 0.370 bits per heavy atom. The van der Waals surface area contributed by atoms with E-state index in [0.29, 0.717) is 0 Å². The topological polar surface area (TPSA) is 660 Å². The van der Waals surface area contributed by atoms with Crippen molar-refractivity contribution in [1.82, 2.24) is 0 Å². The molecular formula is C50H82O42. The van der Waals surface area contributed by atoms with Crippen molar-refractivity contribution < 1.29 is 208 Å². The van der Waals surface area contributed by atoms with E-state index in [1.54, 1.807) is 0 Å². The summed E-state index contributed by atoms with van der Waals surface area (Å²) < 4.78 is 96.7. The second-order valence-electron chi connectivity index (χ2n) is 23.2. The smallest absolute Gasteiger partial charge is 0.329 e. The van der Waals surface area contributed by atoms with Crippen LogP contribution in [0.15, 0.2) is 0 Å². The third-order valence-electron chi connectivity index (χ3n) is 17.2. The molecule has 30 rings (SSSR count). The molecule has 30 aliphatic heterocycles. The number of aliphatic hydroxyl groups excluding tert-OH is 23. The van der Waals surface area contributed by atoms with Crippen LogP contribution in [0.5, 0.6) is 0 Å². The number of ether oxygens (including phenoxy) is 17. The van der Waals surface area contributed by atoms with Gasteiger partial charge in [-0.05, 0) is 0 Å². The van der Waals surface area contributed by atoms with Crippen LogP contribution in [0.25, 0.3) is 0 Å². The lowest BCUT2D eigenvalue weighted by atomic mass is 9.94. The van der Waals surface area contributed by atoms with Crippen molar-refractivity contribution in [2.24, 2.45) is 0 Å². The van der Waals surface area contributed by atoms with Gasteiger partial charge in [-0.25, -0.2) is 4.79 Å². The minimum absolute atomic E-state index is 0.865. The molecule has 24 N–H and O–H groups in total. The molecule has 30 aliphatic rings. The van der Waals surface area contributed by atoms with Crippen molar-refractivity contribution in [2.45, 2.75) is 246 Å². The molecule has 0 spiro atoms. The van der Waals surface area contributed by atoms with E-state index in [4.69, 9.17) is 80.5 Å². The van der Waals surface area contributed by atoms with E-state index >= 15 is 0 Å². The Hall–Kier alpha value is -2.13. The van der Waals surface area contributed by atoms with Gasteiger partial charge in [0, 0.05) is 0 Å². The Balaban J connectivity index is 0.990. The molecule has 0 amide bonds. The maximum Gasteiger partial charge on any atom is 0.329 e. The van der Waals surface area contributed by atoms with Crippen LogP contribution < -0.4 is 0 Å². The third kappa shape index (κ3) is 15.1. The predicted molar refractivity (Wildman–Crippen MR) is 272 cm³/mol. The average molecular weight is 1360 g/mol. The van der Waals surface area contributed by atoms with E-state index in [1.807, 2.05) is 0 Å². The molecule has 0 aliphatic carbocycles. The van der Waals surface area contributed by atoms with Gasteiger partial charge in [-0.1, -0.05) is 0 Å². The molecule has 0 saturated carbocycles. The molecule has 0 aromatic rings. The summed E-state index contributed by atoms with van der Waals surface area (Å²) in [5, 5.41) is 265. The molecule has 30 fully saturated rings. The molecule has 0 aromatic carbocycles. The molecule has 92 heavy (non-hydrogen) atoms. The van der Waals surface area contributed by atoms with Crippen LogP contribution in [0, 0.1) is 0 Å². The van der Waals surface area contributed by atoms with Crippen molar-refractivity contribution in [3.63, 3.8) is 0 Å². The van der Waals surface area contributed by atoms with Crippen LogP contribution in [-0.4, -0.2) is 434 Å². The van der Waals surface area contributed by atoms with Gasteiger partial charge in [-0.2, -0.15) is 0 Å². The van der Waals surface area contributed by atoms with E-state index in [2.05, 4.69) is 0 Å². The summed E-state index contributed by atoms with van der Waals surface area (Å²) in [6, 6.07) is 0. The first-order valence-electron chi connectivity index (χ1n) is 29.2. The maximum atomic E-state index is 11.6. The molecular weight excluding hydrogens is 1270 g/mol. The fourth-order valence-corrected chi connectivity index (χ4v) is 12.2. The van der Waals surface area contributed by atoms with Crippen molar-refractivity contribution in [2.75, 3.05) is 59.5 Å². The second kappa shape index (κ2) is 31.8. The Morgan fingerprint density at radius 1 is 0.228 bits per heavy atom. The molecule has 30 heterocycles. The first kappa shape index (κ1) is 74.1. The van der Waals surface area contributed by atoms with E-state index in [-0.39, 0.29) is 0 Å². The van der Waals surface area contributed by atoms with Crippen LogP contribution in [0.3, 0.4) is 0 Å². The number of carbonyl (C=O) groups is 1. The summed E-state index contributed by atoms with van der Waals surface area (Å²) in [6.45, 7) is -9.61. The second-order valence-corrected chi connectivity index (χ2v) is 23.2. The number of rotatable bonds is 11. The quantitative estimate of drug-likeness (QED) is 0.0913. The van der Waals surface area contributed by atoms with Gasteiger partial charge in [-0.15, -0.1) is 0 Å². The molecule has 0 unspecified atom stereocenters. The summed E-state index contributed by atoms with van der Waals surface area (Å²) in [6.07, 6.45) is -83.3. The zero-order chi connectivity index (χ0) is 67.1. The number of aliphatic hydroxyl groups is 23. The monoisotopic (exact) mass is 1350 g/mol. The summed E-state index contributed by atoms with van der Waals surface area (Å²) in [5.41, 5.74) is 0. The van der Waals surface area contributed by atoms with Gasteiger partial charge in [0.1, 0.15) is 202 Å². The third-order valence-corrected chi connectivity index (χ3v) is 17.2. The molecule has 16 bridgehead atoms. The van der Waals surface area contributed by atoms with Gasteiger partial charge in [0.25, 0.3) is 0 Å². The SMILES string of the molecule is O=C(O)COC[C@H]1O[C@@H]2O[C@H]3[C@H](O)[C@@H](O)[C@@H](O[C@H]4[C@H](O)[C@@H](O)[C@@H](O[C@H]5[C@H](O)[C@@H](O)[C@@H](O[C@H]6[C@H](O)[C@@H](O)[C@@H](O[C@H]7[C@H](O)[C@@H](O)[C@@H](O[C@H]8[C@H](O)[C@@H](O)[C@@H](O[C@H]9[C@H](O)[C@@H](O)[C@@H](O[C@H]1[C@H](O)[C@H]2O)O[C@@H]9CO)O[C@@H]8CO)O[C@@H]7CO)O[C@@H]6CO)O[C@@H]5CO)O[C@@H]4CO)O[C@@H]3CO. The standard InChI is InChI=1S/C50H82O42/c51-1-10-35-19(60)27(68)43(77-10)86-36-11(2-52)79-45(29(70)21(36)62)88-38-13(4-54)81-47(31(72)23(38)64)90-40-15(6-56)83-49(33(74)25(40)66)92-42-17(8-76-9-18(58)59)84-50(34(75)26(42)67)91-41-16(7-57)82-48(32(73)24(41)65)89-39-14(5-55)80-46(30(71)22(39)63)87-37-12(3-53)78-44(85-35)28(69)20(37)61/h10-17,19-57,60-75H,1-9H2,(H,58,59)/t10-,11-,12-,13-,14-,15-,16-,17-,19-,20-,21-,22-,23-,24-,25-,26-,27-,28-,29-,30-,31-,32-,33-,34-,35-,36-,37-,38-,39-,40-,41-,42-,43-,44-,45-,46-,47-,48-,49-,50-/m1/s1. The van der Waals surface area contributed by atoms with Crippen molar-refractivity contribution >= 4 is 5.97 Å². The number of carboxylic acid groups (broad SMARTS) is 1. The molecule has 42 nitrogen and oxygen atoms in total. The van der Waals surface area contributed by atoms with Gasteiger partial charge in [0.2, 0.25) is 0 Å². The fourth-order valence-electron chi connectivity index (χ4n) is 12.2. The molecule has 30 saturated heterocycles. The lowest BCUT2D eigenvalue weighted by molar-refractivity contribution is -0.404. The number of carboxylic acids is 1. The van der Waals surface area contributed by atoms with Gasteiger partial charge in [0.05, 0.1) is 52.9 Å². The van der Waals surface area contributed by atoms with Crippen LogP contribution in [0.4, 0.5) is 0 Å². The average Bonchev–Trinajstić information content (AvgIpc) is 0.796. The van der Waals surface area contributed by atoms with Gasteiger partial charge in [-0.3, -0.25) is 0 Å². The van der Waals surface area contributed by atoms with Gasteiger partial charge < -0.3 is 203 Å². The van der Waals surface area contributed by atoms with Gasteiger partial charge >= 0.3 is 5.97 Å². The minimum Gasteiger partial charge on any atom is -0.480 e. The highest BCUT2D eigenvalue weighted by Gasteiger charge is 2.60. The zero-order valence-electron chi connectivity index (χ0n) is 48.0. The van der Waals surface area contributed by atoms with E-state index in [9.17, 15) is 127 Å². The van der Waals surface area contributed by atoms with E-state index in [1.165, 1.54) is 0 Å². The van der Waals surface area contributed by atoms with Gasteiger partial charge in [0.15, 0.2) is 50.3 Å². The van der Waals surface area contributed by atoms with Crippen molar-refractivity contribution in [3.05, 3.63) is 0 Å². The number of hydrogen-bond donors (Lipinski definition) is 24. The Labute approximate surface area is 518 Å². The van der Waals surface area contributed by atoms with Crippen LogP contribution >= 0.6 is 0 Å². The summed E-state index contributed by atoms with van der Waals surface area (Å²) in [7, 11) is 0. The first-order chi connectivity index (χ1) is 43.7. The summed E-state index contributed by atoms with van der Waals surface area (Å²) in [4.78, 5) is 11.5. The first-order valence-corrected chi connectivity index (χ1v) is 29.2. The van der Waals surface area contributed by atoms with Crippen molar-refractivity contribution in [1.29, 1.82) is 0 Å². The predicted octanol–water partition coefficient (Wildman–Crippen LogP) is -17.3. The molecule has 42 heteroatoms. The highest BCUT2D eigenvalue weighted by Crippen LogP contribution is 2.40. The summed E-state index contributed by atoms with van der Waals surface area (Å²) >= 11 is 0. The summed E-state index contributed by atoms with van der Waals surface area (Å²) in [5.74, 6) is -1.52. The Kier molecular flexibility index (Phi) is 25.6. The van der Waals surface area contributed by atoms with Crippen LogP contribution in [0.1, 0.15) is 0 Å². The Morgan fingerprint density at radius 3 is 0.511 bits per heavy atom. The highest BCUT2D eigenvalue weighted by molar-refractivity contribution is 5.68. The highest BCUT2D eigenvalue weighted by atomic mass is 16.8. The molecule has 0 aromatic heterocycles. The zero-order valence-corrected chi connectivity index (χ0v) is 48.0. The molecule has 534 valence electrons. The van der Waals surface area contributed by atoms with Crippen molar-refractivity contribution in [3.8, 4) is 0 Å². The lowest BCUT2D eigenvalue weighted by Crippen LogP contribution is -2.69. The van der Waals surface area contributed by atoms with E-state index < -0.39 is 311 Å². The maximum absolute atomic E-state index is 11.6. The normalized spacial score (nSPS) is 53.4. The lowest BCUT2D eigenvalue weighted by Gasteiger charge is -2.50. The Bertz CT molecular complexity index is 2270. The molecule has 40 atom stereocenters. The number of aliphatic carboxylic acids is 1. The van der Waals surface area contributed by atoms with E-state index in [0.717, 1.165) is 0 Å². The largest absolute Gasteiger partial charge is 0.480 e. The van der Waals surface area contributed by atoms with Crippen LogP contribution in [0.2, 0.25) is 0 Å². The minimum atomic E-state index is -2.32. The fraction of sp³-hybridized carbons (Fsp3) is 0.980. The number of hydrogen-bond acceptors (Lipinski definition) is 41. The molecule has 0 radical (unpaired) electrons.